The Bertz CT molecular complexity index is 168. The molecular formula is C11H22F2N2. The SMILES string of the molecule is CC1CCC(C(CN)NCC(F)F)CC1. The minimum absolute atomic E-state index is 0.0755. The molecule has 3 N–H and O–H groups in total. The first-order valence-corrected chi connectivity index (χ1v) is 5.85. The predicted molar refractivity (Wildman–Crippen MR) is 58.0 cm³/mol. The Morgan fingerprint density at radius 3 is 2.33 bits per heavy atom. The van der Waals surface area contributed by atoms with Crippen LogP contribution in [-0.4, -0.2) is 25.6 Å². The van der Waals surface area contributed by atoms with Crippen LogP contribution in [0.15, 0.2) is 0 Å². The van der Waals surface area contributed by atoms with Crippen molar-refractivity contribution in [1.82, 2.24) is 5.32 Å². The predicted octanol–water partition coefficient (Wildman–Crippen LogP) is 1.99. The quantitative estimate of drug-likeness (QED) is 0.743. The number of alkyl halides is 2. The van der Waals surface area contributed by atoms with Crippen molar-refractivity contribution in [3.05, 3.63) is 0 Å². The van der Waals surface area contributed by atoms with Crippen molar-refractivity contribution in [3.63, 3.8) is 0 Å². The van der Waals surface area contributed by atoms with E-state index < -0.39 is 6.43 Å². The molecule has 4 heteroatoms. The van der Waals surface area contributed by atoms with Gasteiger partial charge in [-0.1, -0.05) is 19.8 Å². The zero-order valence-electron chi connectivity index (χ0n) is 9.39. The fraction of sp³-hybridized carbons (Fsp3) is 1.00. The monoisotopic (exact) mass is 220 g/mol. The number of halogens is 2. The third-order valence-corrected chi connectivity index (χ3v) is 3.42. The molecule has 1 fully saturated rings. The van der Waals surface area contributed by atoms with Gasteiger partial charge in [0.25, 0.3) is 6.43 Å². The van der Waals surface area contributed by atoms with Crippen molar-refractivity contribution < 1.29 is 8.78 Å². The van der Waals surface area contributed by atoms with Gasteiger partial charge in [0.05, 0.1) is 6.54 Å². The van der Waals surface area contributed by atoms with Gasteiger partial charge in [-0.25, -0.2) is 8.78 Å². The number of nitrogens with one attached hydrogen (secondary N) is 1. The molecule has 1 atom stereocenters. The van der Waals surface area contributed by atoms with Gasteiger partial charge >= 0.3 is 0 Å². The van der Waals surface area contributed by atoms with Gasteiger partial charge in [0.15, 0.2) is 0 Å². The Hall–Kier alpha value is -0.220. The largest absolute Gasteiger partial charge is 0.329 e. The molecule has 0 saturated heterocycles. The highest BCUT2D eigenvalue weighted by Crippen LogP contribution is 2.30. The Kier molecular flexibility index (Phi) is 5.47. The molecule has 0 aromatic carbocycles. The lowest BCUT2D eigenvalue weighted by Crippen LogP contribution is -2.45. The highest BCUT2D eigenvalue weighted by molar-refractivity contribution is 4.81. The molecule has 0 spiro atoms. The van der Waals surface area contributed by atoms with E-state index in [2.05, 4.69) is 12.2 Å². The lowest BCUT2D eigenvalue weighted by atomic mass is 9.79. The van der Waals surface area contributed by atoms with Crippen LogP contribution in [0.2, 0.25) is 0 Å². The summed E-state index contributed by atoms with van der Waals surface area (Å²) in [6, 6.07) is 0.0755. The topological polar surface area (TPSA) is 38.0 Å². The Labute approximate surface area is 90.6 Å². The van der Waals surface area contributed by atoms with Crippen LogP contribution < -0.4 is 11.1 Å². The average Bonchev–Trinajstić information content (AvgIpc) is 2.21. The zero-order valence-corrected chi connectivity index (χ0v) is 9.39. The maximum Gasteiger partial charge on any atom is 0.250 e. The van der Waals surface area contributed by atoms with Crippen LogP contribution in [-0.2, 0) is 0 Å². The molecule has 0 aromatic heterocycles. The minimum Gasteiger partial charge on any atom is -0.329 e. The van der Waals surface area contributed by atoms with E-state index in [1.165, 1.54) is 12.8 Å². The molecule has 0 bridgehead atoms. The third-order valence-electron chi connectivity index (χ3n) is 3.42. The van der Waals surface area contributed by atoms with Gasteiger partial charge in [-0.15, -0.1) is 0 Å². The van der Waals surface area contributed by atoms with Crippen molar-refractivity contribution >= 4 is 0 Å². The molecule has 0 radical (unpaired) electrons. The second-order valence-electron chi connectivity index (χ2n) is 4.66. The van der Waals surface area contributed by atoms with Crippen LogP contribution in [0.3, 0.4) is 0 Å². The summed E-state index contributed by atoms with van der Waals surface area (Å²) in [5.41, 5.74) is 5.62. The molecule has 1 unspecified atom stereocenters. The zero-order chi connectivity index (χ0) is 11.3. The maximum atomic E-state index is 12.1. The average molecular weight is 220 g/mol. The second kappa shape index (κ2) is 6.38. The van der Waals surface area contributed by atoms with E-state index in [-0.39, 0.29) is 12.6 Å². The number of hydrogen-bond donors (Lipinski definition) is 2. The van der Waals surface area contributed by atoms with Gasteiger partial charge in [-0.3, -0.25) is 0 Å². The first kappa shape index (κ1) is 12.8. The maximum absolute atomic E-state index is 12.1. The van der Waals surface area contributed by atoms with Crippen LogP contribution in [0, 0.1) is 11.8 Å². The highest BCUT2D eigenvalue weighted by atomic mass is 19.3. The van der Waals surface area contributed by atoms with E-state index in [1.807, 2.05) is 0 Å². The van der Waals surface area contributed by atoms with Crippen molar-refractivity contribution in [1.29, 1.82) is 0 Å². The highest BCUT2D eigenvalue weighted by Gasteiger charge is 2.25. The van der Waals surface area contributed by atoms with E-state index in [1.54, 1.807) is 0 Å². The Balaban J connectivity index is 2.31. The van der Waals surface area contributed by atoms with Crippen molar-refractivity contribution in [2.45, 2.75) is 45.1 Å². The standard InChI is InChI=1S/C11H22F2N2/c1-8-2-4-9(5-3-8)10(6-14)15-7-11(12)13/h8-11,15H,2-7,14H2,1H3. The van der Waals surface area contributed by atoms with Crippen LogP contribution in [0.25, 0.3) is 0 Å². The molecule has 0 amide bonds. The lowest BCUT2D eigenvalue weighted by molar-refractivity contribution is 0.131. The van der Waals surface area contributed by atoms with E-state index in [4.69, 9.17) is 5.73 Å². The van der Waals surface area contributed by atoms with Crippen molar-refractivity contribution in [2.75, 3.05) is 13.1 Å². The van der Waals surface area contributed by atoms with Gasteiger partial charge in [-0.05, 0) is 24.7 Å². The third kappa shape index (κ3) is 4.43. The molecule has 15 heavy (non-hydrogen) atoms. The summed E-state index contributed by atoms with van der Waals surface area (Å²) >= 11 is 0. The summed E-state index contributed by atoms with van der Waals surface area (Å²) in [6.45, 7) is 2.49. The molecule has 1 saturated carbocycles. The number of hydrogen-bond acceptors (Lipinski definition) is 2. The lowest BCUT2D eigenvalue weighted by Gasteiger charge is -2.32. The molecular weight excluding hydrogens is 198 g/mol. The molecule has 2 nitrogen and oxygen atoms in total. The van der Waals surface area contributed by atoms with Gasteiger partial charge in [0.2, 0.25) is 0 Å². The molecule has 1 rings (SSSR count). The first-order valence-electron chi connectivity index (χ1n) is 5.85. The first-order chi connectivity index (χ1) is 7.13. The van der Waals surface area contributed by atoms with Gasteiger partial charge < -0.3 is 11.1 Å². The molecule has 1 aliphatic rings. The van der Waals surface area contributed by atoms with E-state index in [0.717, 1.165) is 18.8 Å². The fourth-order valence-corrected chi connectivity index (χ4v) is 2.37. The van der Waals surface area contributed by atoms with Gasteiger partial charge in [0.1, 0.15) is 0 Å². The minimum atomic E-state index is -2.28. The number of nitrogens with two attached hydrogens (primary N) is 1. The summed E-state index contributed by atoms with van der Waals surface area (Å²) < 4.78 is 24.1. The van der Waals surface area contributed by atoms with Crippen molar-refractivity contribution in [2.24, 2.45) is 17.6 Å². The molecule has 0 heterocycles. The normalized spacial score (nSPS) is 29.4. The van der Waals surface area contributed by atoms with E-state index in [0.29, 0.717) is 12.5 Å². The van der Waals surface area contributed by atoms with Crippen LogP contribution in [0.1, 0.15) is 32.6 Å². The Morgan fingerprint density at radius 1 is 1.27 bits per heavy atom. The van der Waals surface area contributed by atoms with Crippen LogP contribution in [0.5, 0.6) is 0 Å². The molecule has 0 aromatic rings. The van der Waals surface area contributed by atoms with Crippen LogP contribution >= 0.6 is 0 Å². The smallest absolute Gasteiger partial charge is 0.250 e. The van der Waals surface area contributed by atoms with E-state index >= 15 is 0 Å². The Morgan fingerprint density at radius 2 is 1.87 bits per heavy atom. The molecule has 90 valence electrons. The molecule has 0 aliphatic heterocycles. The number of rotatable bonds is 5. The summed E-state index contributed by atoms with van der Waals surface area (Å²) in [6.07, 6.45) is 2.38. The van der Waals surface area contributed by atoms with Crippen LogP contribution in [0.4, 0.5) is 8.78 Å². The summed E-state index contributed by atoms with van der Waals surface area (Å²) in [4.78, 5) is 0. The molecule has 1 aliphatic carbocycles. The van der Waals surface area contributed by atoms with Crippen molar-refractivity contribution in [3.8, 4) is 0 Å². The summed E-state index contributed by atoms with van der Waals surface area (Å²) in [5, 5.41) is 2.88. The second-order valence-corrected chi connectivity index (χ2v) is 4.66. The van der Waals surface area contributed by atoms with E-state index in [9.17, 15) is 8.78 Å². The summed E-state index contributed by atoms with van der Waals surface area (Å²) in [7, 11) is 0. The van der Waals surface area contributed by atoms with Gasteiger partial charge in [0, 0.05) is 12.6 Å². The fourth-order valence-electron chi connectivity index (χ4n) is 2.37. The van der Waals surface area contributed by atoms with Gasteiger partial charge in [-0.2, -0.15) is 0 Å². The summed E-state index contributed by atoms with van der Waals surface area (Å²) in [5.74, 6) is 1.28.